The van der Waals surface area contributed by atoms with Crippen LogP contribution in [0.1, 0.15) is 36.2 Å². The minimum absolute atomic E-state index is 0.199. The molecule has 0 aliphatic carbocycles. The Kier molecular flexibility index (Phi) is 8.59. The number of rotatable bonds is 7. The van der Waals surface area contributed by atoms with Gasteiger partial charge in [-0.25, -0.2) is 9.57 Å². The van der Waals surface area contributed by atoms with Gasteiger partial charge in [0.25, 0.3) is 6.17 Å². The van der Waals surface area contributed by atoms with Crippen LogP contribution < -0.4 is 0 Å². The average molecular weight is 758 g/mol. The lowest BCUT2D eigenvalue weighted by atomic mass is 9.90. The van der Waals surface area contributed by atoms with Gasteiger partial charge >= 0.3 is 0 Å². The average Bonchev–Trinajstić information content (AvgIpc) is 3.69. The van der Waals surface area contributed by atoms with Gasteiger partial charge in [-0.1, -0.05) is 176 Å². The zero-order valence-corrected chi connectivity index (χ0v) is 32.8. The van der Waals surface area contributed by atoms with Crippen molar-refractivity contribution in [3.63, 3.8) is 0 Å². The van der Waals surface area contributed by atoms with Gasteiger partial charge in [0.05, 0.1) is 12.1 Å². The van der Waals surface area contributed by atoms with Gasteiger partial charge in [0.15, 0.2) is 12.3 Å². The van der Waals surface area contributed by atoms with Gasteiger partial charge in [-0.15, -0.1) is 0 Å². The molecule has 0 N–H and O–H groups in total. The zero-order valence-electron chi connectivity index (χ0n) is 32.8. The van der Waals surface area contributed by atoms with Crippen LogP contribution in [-0.2, 0) is 6.54 Å². The van der Waals surface area contributed by atoms with E-state index in [-0.39, 0.29) is 6.17 Å². The van der Waals surface area contributed by atoms with E-state index in [1.54, 1.807) is 0 Å². The van der Waals surface area contributed by atoms with Crippen molar-refractivity contribution in [2.75, 3.05) is 0 Å². The molecule has 0 saturated carbocycles. The Morgan fingerprint density at radius 2 is 1.14 bits per heavy atom. The molecule has 11 rings (SSSR count). The fraction of sp³-hybridized carbons (Fsp3) is 0.0714. The first kappa shape index (κ1) is 34.9. The zero-order chi connectivity index (χ0) is 39.3. The molecule has 0 fully saturated rings. The number of hydrogen-bond donors (Lipinski definition) is 0. The van der Waals surface area contributed by atoms with Crippen molar-refractivity contribution in [3.8, 4) is 33.4 Å². The fourth-order valence-corrected chi connectivity index (χ4v) is 9.08. The fourth-order valence-electron chi connectivity index (χ4n) is 9.08. The second kappa shape index (κ2) is 14.5. The van der Waals surface area contributed by atoms with E-state index in [1.807, 2.05) is 0 Å². The minimum Gasteiger partial charge on any atom is -0.455 e. The van der Waals surface area contributed by atoms with Gasteiger partial charge < -0.3 is 4.42 Å². The van der Waals surface area contributed by atoms with E-state index in [4.69, 9.17) is 9.41 Å². The van der Waals surface area contributed by atoms with Crippen molar-refractivity contribution < 1.29 is 8.99 Å². The molecule has 10 aromatic rings. The number of benzene rings is 9. The van der Waals surface area contributed by atoms with Crippen LogP contribution in [0, 0.1) is 0 Å². The second-order valence-electron chi connectivity index (χ2n) is 15.7. The Balaban J connectivity index is 1.000. The molecule has 0 bridgehead atoms. The molecule has 1 aliphatic rings. The van der Waals surface area contributed by atoms with Gasteiger partial charge in [0.1, 0.15) is 11.2 Å². The third-order valence-corrected chi connectivity index (χ3v) is 12.1. The maximum Gasteiger partial charge on any atom is 0.272 e. The summed E-state index contributed by atoms with van der Waals surface area (Å²) in [6.45, 7) is 3.04. The summed E-state index contributed by atoms with van der Waals surface area (Å²) in [5.74, 6) is 0. The largest absolute Gasteiger partial charge is 0.455 e. The Morgan fingerprint density at radius 3 is 1.93 bits per heavy atom. The predicted octanol–water partition coefficient (Wildman–Crippen LogP) is 14.5. The summed E-state index contributed by atoms with van der Waals surface area (Å²) in [6, 6.07) is 72.0. The highest BCUT2D eigenvalue weighted by Gasteiger charge is 2.32. The Labute approximate surface area is 343 Å². The first-order valence-corrected chi connectivity index (χ1v) is 20.5. The van der Waals surface area contributed by atoms with Crippen molar-refractivity contribution in [2.24, 2.45) is 4.99 Å². The third kappa shape index (κ3) is 6.32. The number of para-hydroxylation sites is 1. The first-order valence-electron chi connectivity index (χ1n) is 20.5. The molecule has 1 aromatic heterocycles. The van der Waals surface area contributed by atoms with Crippen LogP contribution >= 0.6 is 0 Å². The molecule has 1 aliphatic heterocycles. The highest BCUT2D eigenvalue weighted by Crippen LogP contribution is 2.42. The lowest BCUT2D eigenvalue weighted by Crippen LogP contribution is -2.30. The van der Waals surface area contributed by atoms with Crippen LogP contribution in [0.25, 0.3) is 76.9 Å². The normalized spacial score (nSPS) is 14.4. The van der Waals surface area contributed by atoms with E-state index in [2.05, 4.69) is 212 Å². The summed E-state index contributed by atoms with van der Waals surface area (Å²) >= 11 is 0. The van der Waals surface area contributed by atoms with Gasteiger partial charge in [-0.3, -0.25) is 0 Å². The molecule has 2 heterocycles. The van der Waals surface area contributed by atoms with Crippen LogP contribution in [0.3, 0.4) is 0 Å². The van der Waals surface area contributed by atoms with Crippen LogP contribution in [0.15, 0.2) is 210 Å². The van der Waals surface area contributed by atoms with Gasteiger partial charge in [-0.2, -0.15) is 0 Å². The van der Waals surface area contributed by atoms with E-state index in [9.17, 15) is 0 Å². The third-order valence-electron chi connectivity index (χ3n) is 12.1. The molecule has 0 amide bonds. The SMILES string of the molecule is CC1=[N+](Cc2ccc(-c3ccc4ccccc4c3)cc2)C(c2ccc3ccccc3c2)N=C(c2ccccc2-c2cccc3oc4c(-c5ccccc5)cccc4c23)C1. The molecule has 0 saturated heterocycles. The van der Waals surface area contributed by atoms with Gasteiger partial charge in [-0.05, 0) is 73.6 Å². The molecular weight excluding hydrogens is 717 g/mol. The molecule has 3 nitrogen and oxygen atoms in total. The second-order valence-corrected chi connectivity index (χ2v) is 15.7. The lowest BCUT2D eigenvalue weighted by molar-refractivity contribution is -0.588. The maximum absolute atomic E-state index is 6.69. The number of aliphatic imine (C=N–C) groups is 1. The molecule has 0 spiro atoms. The molecule has 59 heavy (non-hydrogen) atoms. The molecule has 1 atom stereocenters. The van der Waals surface area contributed by atoms with E-state index in [1.165, 1.54) is 49.5 Å². The summed E-state index contributed by atoms with van der Waals surface area (Å²) in [5, 5.41) is 7.22. The van der Waals surface area contributed by atoms with Crippen molar-refractivity contribution in [3.05, 3.63) is 217 Å². The van der Waals surface area contributed by atoms with Gasteiger partial charge in [0.2, 0.25) is 0 Å². The highest BCUT2D eigenvalue weighted by molar-refractivity contribution is 6.19. The van der Waals surface area contributed by atoms with E-state index < -0.39 is 0 Å². The van der Waals surface area contributed by atoms with Crippen LogP contribution in [-0.4, -0.2) is 16.0 Å². The standard InChI is InChI=1S/C56H41N2O/c1-37-33-52(49-20-10-9-19-48(49)50-22-12-24-53-54(50)51-23-11-21-47(55(51)59-53)42-15-3-2-4-16-42)57-56(46-32-30-40-14-6-8-18-44(40)35-46)58(37)36-38-25-27-41(28-26-38)45-31-29-39-13-5-7-17-43(39)34-45/h2-32,34-35,56H,33,36H2,1H3/q+1. The molecular formula is C56H41N2O+. The topological polar surface area (TPSA) is 28.5 Å². The minimum atomic E-state index is -0.199. The van der Waals surface area contributed by atoms with Crippen LogP contribution in [0.5, 0.6) is 0 Å². The first-order chi connectivity index (χ1) is 29.1. The molecule has 280 valence electrons. The summed E-state index contributed by atoms with van der Waals surface area (Å²) in [5.41, 5.74) is 14.8. The summed E-state index contributed by atoms with van der Waals surface area (Å²) < 4.78 is 9.19. The van der Waals surface area contributed by atoms with E-state index >= 15 is 0 Å². The van der Waals surface area contributed by atoms with E-state index in [0.29, 0.717) is 0 Å². The summed E-state index contributed by atoms with van der Waals surface area (Å²) in [7, 11) is 0. The lowest BCUT2D eigenvalue weighted by Gasteiger charge is -2.23. The van der Waals surface area contributed by atoms with Crippen LogP contribution in [0.4, 0.5) is 0 Å². The van der Waals surface area contributed by atoms with Gasteiger partial charge in [0, 0.05) is 39.9 Å². The maximum atomic E-state index is 6.69. The molecule has 9 aromatic carbocycles. The summed E-state index contributed by atoms with van der Waals surface area (Å²) in [6.07, 6.45) is 0.548. The number of fused-ring (bicyclic) bond motifs is 5. The number of nitrogens with zero attached hydrogens (tertiary/aromatic N) is 2. The summed E-state index contributed by atoms with van der Waals surface area (Å²) in [4.78, 5) is 5.72. The molecule has 0 radical (unpaired) electrons. The highest BCUT2D eigenvalue weighted by atomic mass is 16.3. The smallest absolute Gasteiger partial charge is 0.272 e. The Bertz CT molecular complexity index is 3280. The Morgan fingerprint density at radius 1 is 0.508 bits per heavy atom. The van der Waals surface area contributed by atoms with Crippen molar-refractivity contribution in [1.82, 2.24) is 0 Å². The quantitative estimate of drug-likeness (QED) is 0.149. The van der Waals surface area contributed by atoms with Crippen molar-refractivity contribution in [1.29, 1.82) is 0 Å². The molecule has 1 unspecified atom stereocenters. The Hall–Kier alpha value is -7.36. The number of furan rings is 1. The van der Waals surface area contributed by atoms with Crippen molar-refractivity contribution >= 4 is 54.9 Å². The monoisotopic (exact) mass is 757 g/mol. The van der Waals surface area contributed by atoms with E-state index in [0.717, 1.165) is 68.4 Å². The number of hydrogen-bond acceptors (Lipinski definition) is 2. The van der Waals surface area contributed by atoms with Crippen molar-refractivity contribution in [2.45, 2.75) is 26.1 Å². The van der Waals surface area contributed by atoms with Crippen LogP contribution in [0.2, 0.25) is 0 Å². The molecule has 3 heteroatoms. The predicted molar refractivity (Wildman–Crippen MR) is 246 cm³/mol.